The second-order valence-electron chi connectivity index (χ2n) is 7.26. The normalized spacial score (nSPS) is 28.9. The van der Waals surface area contributed by atoms with E-state index in [2.05, 4.69) is 11.9 Å². The summed E-state index contributed by atoms with van der Waals surface area (Å²) in [5, 5.41) is 11.1. The van der Waals surface area contributed by atoms with Crippen LogP contribution < -0.4 is 0 Å². The lowest BCUT2D eigenvalue weighted by molar-refractivity contribution is -0.293. The first kappa shape index (κ1) is 19.5. The van der Waals surface area contributed by atoms with Crippen LogP contribution in [-0.4, -0.2) is 35.7 Å². The highest BCUT2D eigenvalue weighted by molar-refractivity contribution is 8.93. The Morgan fingerprint density at radius 2 is 1.77 bits per heavy atom. The van der Waals surface area contributed by atoms with E-state index in [0.717, 1.165) is 30.4 Å². The highest BCUT2D eigenvalue weighted by Gasteiger charge is 2.45. The van der Waals surface area contributed by atoms with Crippen molar-refractivity contribution in [2.45, 2.75) is 43.6 Å². The van der Waals surface area contributed by atoms with Crippen LogP contribution >= 0.6 is 17.0 Å². The molecule has 1 aliphatic carbocycles. The Hall–Kier alpha value is -1.27. The van der Waals surface area contributed by atoms with Crippen LogP contribution in [0.2, 0.25) is 0 Å². The summed E-state index contributed by atoms with van der Waals surface area (Å²) in [6.07, 6.45) is 4.57. The molecule has 3 nitrogen and oxygen atoms in total. The maximum atomic E-state index is 14.0. The first-order chi connectivity index (χ1) is 12.1. The first-order valence-electron chi connectivity index (χ1n) is 9.03. The first-order valence-corrected chi connectivity index (χ1v) is 9.03. The van der Waals surface area contributed by atoms with Crippen molar-refractivity contribution >= 4 is 17.0 Å². The molecule has 1 aliphatic heterocycles. The second kappa shape index (κ2) is 7.77. The molecule has 0 spiro atoms. The van der Waals surface area contributed by atoms with Crippen molar-refractivity contribution in [3.63, 3.8) is 0 Å². The Morgan fingerprint density at radius 1 is 1.08 bits per heavy atom. The summed E-state index contributed by atoms with van der Waals surface area (Å²) in [5.74, 6) is -1.55. The average molecular weight is 422 g/mol. The van der Waals surface area contributed by atoms with Gasteiger partial charge in [0.15, 0.2) is 0 Å². The van der Waals surface area contributed by atoms with E-state index in [1.54, 1.807) is 12.1 Å². The average Bonchev–Trinajstić information content (AvgIpc) is 2.62. The fourth-order valence-corrected chi connectivity index (χ4v) is 4.23. The molecule has 2 aromatic rings. The van der Waals surface area contributed by atoms with Gasteiger partial charge < -0.3 is 9.84 Å². The van der Waals surface area contributed by atoms with Crippen molar-refractivity contribution in [3.05, 3.63) is 59.9 Å². The summed E-state index contributed by atoms with van der Waals surface area (Å²) < 4.78 is 20.1. The maximum Gasteiger partial charge on any atom is 0.205 e. The summed E-state index contributed by atoms with van der Waals surface area (Å²) in [6.45, 7) is 0.452. The summed E-state index contributed by atoms with van der Waals surface area (Å²) in [4.78, 5) is 2.22. The third kappa shape index (κ3) is 3.58. The van der Waals surface area contributed by atoms with Crippen molar-refractivity contribution in [1.29, 1.82) is 0 Å². The van der Waals surface area contributed by atoms with Gasteiger partial charge >= 0.3 is 0 Å². The SMILES string of the molecule is Br.CN1CC(O)(c2ccc(-c3ccccc3F)cc2)OC2CCCCC21. The lowest BCUT2D eigenvalue weighted by Gasteiger charge is -2.49. The third-order valence-corrected chi connectivity index (χ3v) is 5.56. The number of halogens is 2. The molecule has 140 valence electrons. The molecule has 2 aromatic carbocycles. The number of benzene rings is 2. The largest absolute Gasteiger partial charge is 0.361 e. The number of fused-ring (bicyclic) bond motifs is 1. The van der Waals surface area contributed by atoms with Crippen LogP contribution in [0.1, 0.15) is 31.2 Å². The quantitative estimate of drug-likeness (QED) is 0.774. The molecule has 0 amide bonds. The van der Waals surface area contributed by atoms with Crippen LogP contribution in [0, 0.1) is 5.82 Å². The number of rotatable bonds is 2. The van der Waals surface area contributed by atoms with Gasteiger partial charge in [-0.25, -0.2) is 4.39 Å². The Kier molecular flexibility index (Phi) is 5.82. The minimum absolute atomic E-state index is 0. The lowest BCUT2D eigenvalue weighted by atomic mass is 9.88. The molecule has 0 radical (unpaired) electrons. The smallest absolute Gasteiger partial charge is 0.205 e. The van der Waals surface area contributed by atoms with Crippen LogP contribution in [0.5, 0.6) is 0 Å². The number of hydrogen-bond donors (Lipinski definition) is 1. The van der Waals surface area contributed by atoms with Gasteiger partial charge in [-0.1, -0.05) is 55.3 Å². The molecule has 3 unspecified atom stereocenters. The molecule has 1 N–H and O–H groups in total. The fourth-order valence-electron chi connectivity index (χ4n) is 4.23. The van der Waals surface area contributed by atoms with Gasteiger partial charge in [-0.3, -0.25) is 4.90 Å². The predicted octanol–water partition coefficient (Wildman–Crippen LogP) is 4.49. The van der Waals surface area contributed by atoms with Crippen LogP contribution in [0.4, 0.5) is 4.39 Å². The van der Waals surface area contributed by atoms with Gasteiger partial charge in [0.25, 0.3) is 0 Å². The molecular formula is C21H25BrFNO2. The number of β-amino-alcohol motifs (C(OH)–C–C–N with tert-alkyl or cyclic N) is 1. The molecule has 0 bridgehead atoms. The lowest BCUT2D eigenvalue weighted by Crippen LogP contribution is -2.58. The van der Waals surface area contributed by atoms with E-state index in [1.807, 2.05) is 30.3 Å². The van der Waals surface area contributed by atoms with E-state index < -0.39 is 5.79 Å². The van der Waals surface area contributed by atoms with E-state index in [0.29, 0.717) is 18.2 Å². The predicted molar refractivity (Wildman–Crippen MR) is 106 cm³/mol. The monoisotopic (exact) mass is 421 g/mol. The van der Waals surface area contributed by atoms with Gasteiger partial charge in [0.05, 0.1) is 12.6 Å². The topological polar surface area (TPSA) is 32.7 Å². The van der Waals surface area contributed by atoms with Crippen molar-refractivity contribution in [3.8, 4) is 11.1 Å². The van der Waals surface area contributed by atoms with Crippen molar-refractivity contribution in [2.75, 3.05) is 13.6 Å². The van der Waals surface area contributed by atoms with Gasteiger partial charge in [0.2, 0.25) is 5.79 Å². The number of nitrogens with zero attached hydrogens (tertiary/aromatic N) is 1. The Balaban J connectivity index is 0.00000196. The van der Waals surface area contributed by atoms with Crippen molar-refractivity contribution in [2.24, 2.45) is 0 Å². The second-order valence-corrected chi connectivity index (χ2v) is 7.26. The molecule has 0 aromatic heterocycles. The van der Waals surface area contributed by atoms with Crippen LogP contribution in [0.3, 0.4) is 0 Å². The van der Waals surface area contributed by atoms with Crippen molar-refractivity contribution in [1.82, 2.24) is 4.90 Å². The number of hydrogen-bond acceptors (Lipinski definition) is 3. The minimum atomic E-state index is -1.30. The van der Waals surface area contributed by atoms with E-state index >= 15 is 0 Å². The minimum Gasteiger partial charge on any atom is -0.361 e. The molecular weight excluding hydrogens is 397 g/mol. The van der Waals surface area contributed by atoms with Gasteiger partial charge in [0.1, 0.15) is 5.82 Å². The fraction of sp³-hybridized carbons (Fsp3) is 0.429. The highest BCUT2D eigenvalue weighted by Crippen LogP contribution is 2.38. The van der Waals surface area contributed by atoms with Crippen LogP contribution in [0.25, 0.3) is 11.1 Å². The number of aliphatic hydroxyl groups is 1. The molecule has 2 fully saturated rings. The van der Waals surface area contributed by atoms with E-state index in [-0.39, 0.29) is 28.9 Å². The molecule has 4 rings (SSSR count). The van der Waals surface area contributed by atoms with Gasteiger partial charge in [-0.15, -0.1) is 17.0 Å². The number of ether oxygens (including phenoxy) is 1. The molecule has 5 heteroatoms. The third-order valence-electron chi connectivity index (χ3n) is 5.56. The molecule has 26 heavy (non-hydrogen) atoms. The van der Waals surface area contributed by atoms with Gasteiger partial charge in [0, 0.05) is 17.2 Å². The Labute approximate surface area is 164 Å². The number of likely N-dealkylation sites (N-methyl/N-ethyl adjacent to an activating group) is 1. The molecule has 1 saturated heterocycles. The Bertz CT molecular complexity index is 754. The van der Waals surface area contributed by atoms with Crippen molar-refractivity contribution < 1.29 is 14.2 Å². The summed E-state index contributed by atoms with van der Waals surface area (Å²) >= 11 is 0. The summed E-state index contributed by atoms with van der Waals surface area (Å²) in [7, 11) is 2.06. The number of morpholine rings is 1. The zero-order chi connectivity index (χ0) is 17.4. The molecule has 1 saturated carbocycles. The van der Waals surface area contributed by atoms with Crippen LogP contribution in [0.15, 0.2) is 48.5 Å². The maximum absolute atomic E-state index is 14.0. The molecule has 1 heterocycles. The molecule has 3 atom stereocenters. The van der Waals surface area contributed by atoms with E-state index in [9.17, 15) is 9.50 Å². The standard InChI is InChI=1S/C21H24FNO2.BrH/c1-23-14-21(24,25-20-9-5-4-8-19(20)23)16-12-10-15(11-13-16)17-6-2-3-7-18(17)22;/h2-3,6-7,10-13,19-20,24H,4-5,8-9,14H2,1H3;1H. The summed E-state index contributed by atoms with van der Waals surface area (Å²) in [6, 6.07) is 14.5. The van der Waals surface area contributed by atoms with E-state index in [4.69, 9.17) is 4.74 Å². The zero-order valence-electron chi connectivity index (χ0n) is 14.9. The van der Waals surface area contributed by atoms with Crippen LogP contribution in [-0.2, 0) is 10.5 Å². The highest BCUT2D eigenvalue weighted by atomic mass is 79.9. The Morgan fingerprint density at radius 3 is 2.50 bits per heavy atom. The van der Waals surface area contributed by atoms with Gasteiger partial charge in [-0.2, -0.15) is 0 Å². The molecule has 2 aliphatic rings. The van der Waals surface area contributed by atoms with E-state index in [1.165, 1.54) is 12.5 Å². The summed E-state index contributed by atoms with van der Waals surface area (Å²) in [5.41, 5.74) is 2.09. The zero-order valence-corrected chi connectivity index (χ0v) is 16.6. The van der Waals surface area contributed by atoms with Gasteiger partial charge in [-0.05, 0) is 31.5 Å².